The SMILES string of the molecule is CCC1CCCC(CN)(N(CC)c2cccc(C)c2)C1. The molecule has 2 atom stereocenters. The first kappa shape index (κ1) is 15.4. The van der Waals surface area contributed by atoms with Crippen LogP contribution in [0.5, 0.6) is 0 Å². The van der Waals surface area contributed by atoms with Crippen molar-refractivity contribution >= 4 is 5.69 Å². The van der Waals surface area contributed by atoms with E-state index in [1.54, 1.807) is 0 Å². The van der Waals surface area contributed by atoms with Crippen LogP contribution in [0.15, 0.2) is 24.3 Å². The fourth-order valence-electron chi connectivity index (χ4n) is 3.94. The summed E-state index contributed by atoms with van der Waals surface area (Å²) in [7, 11) is 0. The molecular formula is C18H30N2. The Bertz CT molecular complexity index is 429. The van der Waals surface area contributed by atoms with Crippen LogP contribution in [0.4, 0.5) is 5.69 Å². The number of likely N-dealkylation sites (N-methyl/N-ethyl adjacent to an activating group) is 1. The number of rotatable bonds is 5. The molecule has 1 aliphatic carbocycles. The molecular weight excluding hydrogens is 244 g/mol. The fourth-order valence-corrected chi connectivity index (χ4v) is 3.94. The number of benzene rings is 1. The zero-order valence-corrected chi connectivity index (χ0v) is 13.4. The summed E-state index contributed by atoms with van der Waals surface area (Å²) in [6.45, 7) is 8.56. The smallest absolute Gasteiger partial charge is 0.0526 e. The Kier molecular flexibility index (Phi) is 5.09. The summed E-state index contributed by atoms with van der Waals surface area (Å²) in [6, 6.07) is 8.87. The molecule has 20 heavy (non-hydrogen) atoms. The molecule has 0 aromatic heterocycles. The molecule has 2 nitrogen and oxygen atoms in total. The standard InChI is InChI=1S/C18H30N2/c1-4-16-9-7-11-18(13-16,14-19)20(5-2)17-10-6-8-15(3)12-17/h6,8,10,12,16H,4-5,7,9,11,13-14,19H2,1-3H3. The van der Waals surface area contributed by atoms with E-state index in [2.05, 4.69) is 49.9 Å². The maximum absolute atomic E-state index is 6.27. The van der Waals surface area contributed by atoms with Crippen molar-refractivity contribution in [2.24, 2.45) is 11.7 Å². The number of hydrogen-bond donors (Lipinski definition) is 1. The van der Waals surface area contributed by atoms with E-state index >= 15 is 0 Å². The lowest BCUT2D eigenvalue weighted by atomic mass is 9.73. The predicted molar refractivity (Wildman–Crippen MR) is 88.2 cm³/mol. The van der Waals surface area contributed by atoms with Gasteiger partial charge in [-0.05, 0) is 50.3 Å². The highest BCUT2D eigenvalue weighted by Gasteiger charge is 2.39. The van der Waals surface area contributed by atoms with Gasteiger partial charge in [-0.1, -0.05) is 38.3 Å². The van der Waals surface area contributed by atoms with Gasteiger partial charge in [-0.25, -0.2) is 0 Å². The third-order valence-corrected chi connectivity index (χ3v) is 5.08. The molecule has 112 valence electrons. The monoisotopic (exact) mass is 274 g/mol. The molecule has 1 aromatic rings. The first-order valence-electron chi connectivity index (χ1n) is 8.19. The minimum Gasteiger partial charge on any atom is -0.365 e. The van der Waals surface area contributed by atoms with Gasteiger partial charge in [-0.3, -0.25) is 0 Å². The van der Waals surface area contributed by atoms with Crippen molar-refractivity contribution in [2.45, 2.75) is 58.4 Å². The molecule has 0 bridgehead atoms. The summed E-state index contributed by atoms with van der Waals surface area (Å²) < 4.78 is 0. The zero-order chi connectivity index (χ0) is 14.6. The topological polar surface area (TPSA) is 29.3 Å². The van der Waals surface area contributed by atoms with Gasteiger partial charge in [0.05, 0.1) is 5.54 Å². The van der Waals surface area contributed by atoms with Crippen LogP contribution in [0.1, 0.15) is 51.5 Å². The van der Waals surface area contributed by atoms with Crippen LogP contribution in [-0.4, -0.2) is 18.6 Å². The third-order valence-electron chi connectivity index (χ3n) is 5.08. The molecule has 0 amide bonds. The van der Waals surface area contributed by atoms with Crippen LogP contribution in [0.25, 0.3) is 0 Å². The number of aryl methyl sites for hydroxylation is 1. The molecule has 0 spiro atoms. The van der Waals surface area contributed by atoms with Crippen molar-refractivity contribution in [1.29, 1.82) is 0 Å². The van der Waals surface area contributed by atoms with Gasteiger partial charge in [0.25, 0.3) is 0 Å². The van der Waals surface area contributed by atoms with Crippen LogP contribution < -0.4 is 10.6 Å². The van der Waals surface area contributed by atoms with E-state index < -0.39 is 0 Å². The predicted octanol–water partition coefficient (Wildman–Crippen LogP) is 4.12. The van der Waals surface area contributed by atoms with Gasteiger partial charge in [-0.15, -0.1) is 0 Å². The van der Waals surface area contributed by atoms with E-state index in [9.17, 15) is 0 Å². The van der Waals surface area contributed by atoms with Crippen molar-refractivity contribution in [1.82, 2.24) is 0 Å². The second-order valence-electron chi connectivity index (χ2n) is 6.38. The molecule has 1 saturated carbocycles. The van der Waals surface area contributed by atoms with Crippen molar-refractivity contribution in [3.8, 4) is 0 Å². The summed E-state index contributed by atoms with van der Waals surface area (Å²) in [5, 5.41) is 0. The van der Waals surface area contributed by atoms with E-state index in [4.69, 9.17) is 5.73 Å². The first-order chi connectivity index (χ1) is 9.65. The maximum atomic E-state index is 6.27. The minimum atomic E-state index is 0.168. The number of nitrogens with zero attached hydrogens (tertiary/aromatic N) is 1. The molecule has 0 radical (unpaired) electrons. The molecule has 0 saturated heterocycles. The quantitative estimate of drug-likeness (QED) is 0.875. The van der Waals surface area contributed by atoms with E-state index in [1.165, 1.54) is 43.4 Å². The lowest BCUT2D eigenvalue weighted by molar-refractivity contribution is 0.213. The van der Waals surface area contributed by atoms with Crippen LogP contribution in [-0.2, 0) is 0 Å². The Hall–Kier alpha value is -1.02. The molecule has 2 unspecified atom stereocenters. The van der Waals surface area contributed by atoms with Crippen molar-refractivity contribution < 1.29 is 0 Å². The average molecular weight is 274 g/mol. The molecule has 1 aliphatic rings. The lowest BCUT2D eigenvalue weighted by Gasteiger charge is -2.49. The molecule has 1 aromatic carbocycles. The molecule has 2 N–H and O–H groups in total. The Balaban J connectivity index is 2.31. The van der Waals surface area contributed by atoms with Gasteiger partial charge in [-0.2, -0.15) is 0 Å². The van der Waals surface area contributed by atoms with Gasteiger partial charge in [0.15, 0.2) is 0 Å². The van der Waals surface area contributed by atoms with Gasteiger partial charge >= 0.3 is 0 Å². The minimum absolute atomic E-state index is 0.168. The Morgan fingerprint density at radius 3 is 2.75 bits per heavy atom. The van der Waals surface area contributed by atoms with Gasteiger partial charge in [0.1, 0.15) is 0 Å². The summed E-state index contributed by atoms with van der Waals surface area (Å²) in [5.74, 6) is 0.839. The fraction of sp³-hybridized carbons (Fsp3) is 0.667. The summed E-state index contributed by atoms with van der Waals surface area (Å²) in [4.78, 5) is 2.57. The van der Waals surface area contributed by atoms with Crippen molar-refractivity contribution in [3.63, 3.8) is 0 Å². The summed E-state index contributed by atoms with van der Waals surface area (Å²) in [6.07, 6.45) is 6.47. The highest BCUT2D eigenvalue weighted by molar-refractivity contribution is 5.51. The molecule has 1 fully saturated rings. The second-order valence-corrected chi connectivity index (χ2v) is 6.38. The van der Waals surface area contributed by atoms with Crippen LogP contribution in [0, 0.1) is 12.8 Å². The largest absolute Gasteiger partial charge is 0.365 e. The first-order valence-corrected chi connectivity index (χ1v) is 8.19. The average Bonchev–Trinajstić information content (AvgIpc) is 2.48. The Labute approximate surface area is 124 Å². The normalized spacial score (nSPS) is 26.5. The van der Waals surface area contributed by atoms with Gasteiger partial charge in [0, 0.05) is 18.8 Å². The van der Waals surface area contributed by atoms with E-state index in [-0.39, 0.29) is 5.54 Å². The molecule has 0 heterocycles. The van der Waals surface area contributed by atoms with Gasteiger partial charge in [0.2, 0.25) is 0 Å². The van der Waals surface area contributed by atoms with E-state index in [0.29, 0.717) is 0 Å². The van der Waals surface area contributed by atoms with Crippen LogP contribution >= 0.6 is 0 Å². The summed E-state index contributed by atoms with van der Waals surface area (Å²) in [5.41, 5.74) is 9.11. The molecule has 0 aliphatic heterocycles. The Morgan fingerprint density at radius 2 is 2.15 bits per heavy atom. The molecule has 2 heteroatoms. The highest BCUT2D eigenvalue weighted by atomic mass is 15.2. The molecule has 2 rings (SSSR count). The Morgan fingerprint density at radius 1 is 1.35 bits per heavy atom. The van der Waals surface area contributed by atoms with Crippen LogP contribution in [0.2, 0.25) is 0 Å². The van der Waals surface area contributed by atoms with E-state index in [0.717, 1.165) is 19.0 Å². The highest BCUT2D eigenvalue weighted by Crippen LogP contribution is 2.40. The third kappa shape index (κ3) is 3.01. The van der Waals surface area contributed by atoms with E-state index in [1.807, 2.05) is 0 Å². The van der Waals surface area contributed by atoms with Gasteiger partial charge < -0.3 is 10.6 Å². The van der Waals surface area contributed by atoms with Crippen LogP contribution in [0.3, 0.4) is 0 Å². The number of anilines is 1. The maximum Gasteiger partial charge on any atom is 0.0526 e. The van der Waals surface area contributed by atoms with Crippen molar-refractivity contribution in [2.75, 3.05) is 18.0 Å². The number of nitrogens with two attached hydrogens (primary N) is 1. The lowest BCUT2D eigenvalue weighted by Crippen LogP contribution is -2.56. The number of hydrogen-bond acceptors (Lipinski definition) is 2. The van der Waals surface area contributed by atoms with Crippen molar-refractivity contribution in [3.05, 3.63) is 29.8 Å². The zero-order valence-electron chi connectivity index (χ0n) is 13.4. The second kappa shape index (κ2) is 6.62. The summed E-state index contributed by atoms with van der Waals surface area (Å²) >= 11 is 0.